The first-order chi connectivity index (χ1) is 10.1. The Morgan fingerprint density at radius 3 is 2.29 bits per heavy atom. The van der Waals surface area contributed by atoms with Gasteiger partial charge in [0.05, 0.1) is 4.90 Å². The molecule has 0 aliphatic carbocycles. The van der Waals surface area contributed by atoms with Gasteiger partial charge < -0.3 is 10.2 Å². The van der Waals surface area contributed by atoms with Gasteiger partial charge in [0, 0.05) is 25.3 Å². The molecule has 1 aliphatic heterocycles. The number of rotatable bonds is 3. The van der Waals surface area contributed by atoms with E-state index in [0.717, 1.165) is 0 Å². The highest BCUT2D eigenvalue weighted by Crippen LogP contribution is 2.23. The molecule has 0 amide bonds. The van der Waals surface area contributed by atoms with Crippen LogP contribution >= 0.6 is 0 Å². The van der Waals surface area contributed by atoms with Gasteiger partial charge in [-0.15, -0.1) is 0 Å². The molecule has 0 spiro atoms. The molecule has 0 aromatic heterocycles. The highest BCUT2D eigenvalue weighted by Gasteiger charge is 2.28. The number of aliphatic hydroxyl groups is 2. The second-order valence-electron chi connectivity index (χ2n) is 5.01. The van der Waals surface area contributed by atoms with E-state index < -0.39 is 10.0 Å². The van der Waals surface area contributed by atoms with Gasteiger partial charge in [-0.2, -0.15) is 4.31 Å². The Balaban J connectivity index is 2.13. The normalized spacial score (nSPS) is 17.2. The van der Waals surface area contributed by atoms with Gasteiger partial charge in [-0.25, -0.2) is 8.42 Å². The first kappa shape index (κ1) is 16.0. The van der Waals surface area contributed by atoms with E-state index in [9.17, 15) is 8.42 Å². The predicted molar refractivity (Wildman–Crippen MR) is 79.0 cm³/mol. The molecule has 1 aromatic rings. The number of sulfonamides is 1. The first-order valence-electron chi connectivity index (χ1n) is 6.88. The fourth-order valence-corrected chi connectivity index (χ4v) is 3.80. The van der Waals surface area contributed by atoms with Gasteiger partial charge in [-0.3, -0.25) is 0 Å². The highest BCUT2D eigenvalue weighted by molar-refractivity contribution is 7.89. The van der Waals surface area contributed by atoms with Crippen LogP contribution in [0.2, 0.25) is 0 Å². The Morgan fingerprint density at radius 2 is 1.76 bits per heavy atom. The van der Waals surface area contributed by atoms with Crippen LogP contribution in [0.3, 0.4) is 0 Å². The minimum atomic E-state index is -3.48. The van der Waals surface area contributed by atoms with Gasteiger partial charge in [-0.05, 0) is 43.0 Å². The van der Waals surface area contributed by atoms with Crippen LogP contribution in [0, 0.1) is 17.8 Å². The topological polar surface area (TPSA) is 77.8 Å². The van der Waals surface area contributed by atoms with E-state index in [0.29, 0.717) is 31.5 Å². The Hall–Kier alpha value is -1.39. The summed E-state index contributed by atoms with van der Waals surface area (Å²) in [5.74, 6) is 5.45. The number of piperidine rings is 1. The highest BCUT2D eigenvalue weighted by atomic mass is 32.2. The van der Waals surface area contributed by atoms with Crippen LogP contribution in [0.5, 0.6) is 0 Å². The van der Waals surface area contributed by atoms with E-state index in [1.54, 1.807) is 12.1 Å². The molecule has 0 saturated carbocycles. The third-order valence-corrected chi connectivity index (χ3v) is 5.55. The van der Waals surface area contributed by atoms with Gasteiger partial charge in [-0.1, -0.05) is 11.8 Å². The number of hydrogen-bond acceptors (Lipinski definition) is 4. The van der Waals surface area contributed by atoms with Crippen LogP contribution in [-0.2, 0) is 10.0 Å². The monoisotopic (exact) mass is 309 g/mol. The zero-order valence-corrected chi connectivity index (χ0v) is 12.5. The summed E-state index contributed by atoms with van der Waals surface area (Å²) < 4.78 is 26.5. The second-order valence-corrected chi connectivity index (χ2v) is 6.95. The van der Waals surface area contributed by atoms with Crippen molar-refractivity contribution in [2.24, 2.45) is 5.92 Å². The van der Waals surface area contributed by atoms with Gasteiger partial charge in [0.25, 0.3) is 0 Å². The molecule has 0 bridgehead atoms. The lowest BCUT2D eigenvalue weighted by Crippen LogP contribution is -2.39. The summed E-state index contributed by atoms with van der Waals surface area (Å²) >= 11 is 0. The molecule has 0 unspecified atom stereocenters. The second kappa shape index (κ2) is 7.05. The van der Waals surface area contributed by atoms with E-state index >= 15 is 0 Å². The molecule has 0 radical (unpaired) electrons. The Kier molecular flexibility index (Phi) is 5.37. The van der Waals surface area contributed by atoms with Crippen molar-refractivity contribution in [3.63, 3.8) is 0 Å². The molecular weight excluding hydrogens is 290 g/mol. The summed E-state index contributed by atoms with van der Waals surface area (Å²) in [6.07, 6.45) is 1.38. The fraction of sp³-hybridized carbons (Fsp3) is 0.467. The van der Waals surface area contributed by atoms with Crippen molar-refractivity contribution < 1.29 is 18.6 Å². The van der Waals surface area contributed by atoms with Crippen molar-refractivity contribution in [3.8, 4) is 11.8 Å². The molecule has 1 aromatic carbocycles. The molecular formula is C15H19NO4S. The Bertz CT molecular complexity index is 620. The van der Waals surface area contributed by atoms with Gasteiger partial charge >= 0.3 is 0 Å². The van der Waals surface area contributed by atoms with Crippen LogP contribution in [0.1, 0.15) is 18.4 Å². The number of aliphatic hydroxyl groups excluding tert-OH is 2. The van der Waals surface area contributed by atoms with Crippen molar-refractivity contribution in [1.82, 2.24) is 4.31 Å². The minimum absolute atomic E-state index is 0.117. The third-order valence-electron chi connectivity index (χ3n) is 3.64. The van der Waals surface area contributed by atoms with Gasteiger partial charge in [0.15, 0.2) is 0 Å². The number of benzene rings is 1. The summed E-state index contributed by atoms with van der Waals surface area (Å²) in [6, 6.07) is 6.34. The largest absolute Gasteiger partial charge is 0.396 e. The van der Waals surface area contributed by atoms with Crippen LogP contribution in [0.25, 0.3) is 0 Å². The molecule has 0 atom stereocenters. The van der Waals surface area contributed by atoms with Crippen LogP contribution < -0.4 is 0 Å². The summed E-state index contributed by atoms with van der Waals surface area (Å²) in [6.45, 7) is 0.783. The van der Waals surface area contributed by atoms with Crippen molar-refractivity contribution in [2.45, 2.75) is 17.7 Å². The molecule has 1 saturated heterocycles. The zero-order chi connectivity index (χ0) is 15.3. The smallest absolute Gasteiger partial charge is 0.243 e. The quantitative estimate of drug-likeness (QED) is 0.794. The molecule has 1 fully saturated rings. The van der Waals surface area contributed by atoms with E-state index in [1.807, 2.05) is 0 Å². The molecule has 2 rings (SSSR count). The first-order valence-corrected chi connectivity index (χ1v) is 8.32. The molecule has 114 valence electrons. The van der Waals surface area contributed by atoms with Gasteiger partial charge in [0.1, 0.15) is 6.61 Å². The number of hydrogen-bond donors (Lipinski definition) is 2. The zero-order valence-electron chi connectivity index (χ0n) is 11.7. The molecule has 21 heavy (non-hydrogen) atoms. The molecule has 1 heterocycles. The fourth-order valence-electron chi connectivity index (χ4n) is 2.33. The van der Waals surface area contributed by atoms with Gasteiger partial charge in [0.2, 0.25) is 10.0 Å². The maximum Gasteiger partial charge on any atom is 0.243 e. The molecule has 5 nitrogen and oxygen atoms in total. The third kappa shape index (κ3) is 3.83. The lowest BCUT2D eigenvalue weighted by molar-refractivity contribution is 0.170. The standard InChI is InChI=1S/C15H19NO4S/c17-11-1-2-13-3-5-15(6-4-13)21(19,20)16-9-7-14(12-18)8-10-16/h3-6,14,17-18H,7-12H2. The van der Waals surface area contributed by atoms with Crippen molar-refractivity contribution in [2.75, 3.05) is 26.3 Å². The van der Waals surface area contributed by atoms with Crippen molar-refractivity contribution in [1.29, 1.82) is 0 Å². The number of nitrogens with zero attached hydrogens (tertiary/aromatic N) is 1. The average Bonchev–Trinajstić information content (AvgIpc) is 2.53. The van der Waals surface area contributed by atoms with E-state index in [1.165, 1.54) is 16.4 Å². The predicted octanol–water partition coefficient (Wildman–Crippen LogP) is 0.423. The van der Waals surface area contributed by atoms with Crippen molar-refractivity contribution >= 4 is 10.0 Å². The lowest BCUT2D eigenvalue weighted by atomic mass is 10.00. The van der Waals surface area contributed by atoms with Crippen LogP contribution in [-0.4, -0.2) is 49.2 Å². The Labute approximate surface area is 125 Å². The SMILES string of the molecule is O=S(=O)(c1ccc(C#CCO)cc1)N1CCC(CO)CC1. The molecule has 6 heteroatoms. The summed E-state index contributed by atoms with van der Waals surface area (Å²) in [7, 11) is -3.48. The van der Waals surface area contributed by atoms with E-state index in [4.69, 9.17) is 10.2 Å². The molecule has 1 aliphatic rings. The van der Waals surface area contributed by atoms with E-state index in [-0.39, 0.29) is 24.0 Å². The summed E-state index contributed by atoms with van der Waals surface area (Å²) in [5.41, 5.74) is 0.669. The Morgan fingerprint density at radius 1 is 1.14 bits per heavy atom. The van der Waals surface area contributed by atoms with Crippen LogP contribution in [0.15, 0.2) is 29.2 Å². The lowest BCUT2D eigenvalue weighted by Gasteiger charge is -2.30. The van der Waals surface area contributed by atoms with Crippen molar-refractivity contribution in [3.05, 3.63) is 29.8 Å². The maximum absolute atomic E-state index is 12.5. The maximum atomic E-state index is 12.5. The minimum Gasteiger partial charge on any atom is -0.396 e. The summed E-state index contributed by atoms with van der Waals surface area (Å²) in [4.78, 5) is 0.250. The molecule has 2 N–H and O–H groups in total. The average molecular weight is 309 g/mol. The van der Waals surface area contributed by atoms with E-state index in [2.05, 4.69) is 11.8 Å². The summed E-state index contributed by atoms with van der Waals surface area (Å²) in [5, 5.41) is 17.7. The van der Waals surface area contributed by atoms with Crippen LogP contribution in [0.4, 0.5) is 0 Å².